The van der Waals surface area contributed by atoms with Crippen molar-refractivity contribution in [3.63, 3.8) is 0 Å². The van der Waals surface area contributed by atoms with Gasteiger partial charge in [0, 0.05) is 6.54 Å². The van der Waals surface area contributed by atoms with E-state index in [1.54, 1.807) is 0 Å². The minimum absolute atomic E-state index is 0.622. The molecule has 1 amide bonds. The van der Waals surface area contributed by atoms with Crippen LogP contribution in [0.15, 0.2) is 18.2 Å². The molecule has 0 saturated heterocycles. The molecule has 1 rings (SSSR count). The molecule has 0 radical (unpaired) electrons. The molecule has 1 aromatic carbocycles. The summed E-state index contributed by atoms with van der Waals surface area (Å²) < 4.78 is 0. The highest BCUT2D eigenvalue weighted by Gasteiger charge is 1.96. The highest BCUT2D eigenvalue weighted by Crippen LogP contribution is 2.09. The van der Waals surface area contributed by atoms with Gasteiger partial charge in [0.15, 0.2) is 0 Å². The molecule has 1 N–H and O–H groups in total. The van der Waals surface area contributed by atoms with E-state index in [9.17, 15) is 4.79 Å². The molecule has 0 aromatic heterocycles. The van der Waals surface area contributed by atoms with Gasteiger partial charge in [-0.1, -0.05) is 37.6 Å². The minimum atomic E-state index is 0.622. The molecule has 2 heteroatoms. The summed E-state index contributed by atoms with van der Waals surface area (Å²) in [6.45, 7) is 8.71. The van der Waals surface area contributed by atoms with Gasteiger partial charge in [0.1, 0.15) is 0 Å². The van der Waals surface area contributed by atoms with Crippen LogP contribution in [0.3, 0.4) is 0 Å². The van der Waals surface area contributed by atoms with Crippen molar-refractivity contribution in [2.45, 2.75) is 34.2 Å². The van der Waals surface area contributed by atoms with Crippen LogP contribution in [0.1, 0.15) is 30.5 Å². The normalized spacial score (nSPS) is 8.57. The van der Waals surface area contributed by atoms with Crippen LogP contribution in [0.2, 0.25) is 0 Å². The molecule has 0 aliphatic heterocycles. The van der Waals surface area contributed by atoms with Gasteiger partial charge in [-0.05, 0) is 25.0 Å². The number of aryl methyl sites for hydroxylation is 2. The second-order valence-electron chi connectivity index (χ2n) is 2.93. The number of nitrogens with one attached hydrogen (secondary N) is 1. The third kappa shape index (κ3) is 4.08. The highest BCUT2D eigenvalue weighted by molar-refractivity contribution is 5.46. The Kier molecular flexibility index (Phi) is 6.46. The van der Waals surface area contributed by atoms with E-state index in [2.05, 4.69) is 23.5 Å². The van der Waals surface area contributed by atoms with Crippen LogP contribution < -0.4 is 5.32 Å². The lowest BCUT2D eigenvalue weighted by molar-refractivity contribution is -0.109. The first-order valence-corrected chi connectivity index (χ1v) is 4.97. The Balaban J connectivity index is 0.000000791. The Morgan fingerprint density at radius 1 is 1.29 bits per heavy atom. The molecule has 0 spiro atoms. The molecule has 1 aromatic rings. The Labute approximate surface area is 86.3 Å². The van der Waals surface area contributed by atoms with Gasteiger partial charge in [-0.2, -0.15) is 0 Å². The van der Waals surface area contributed by atoms with Crippen molar-refractivity contribution in [1.29, 1.82) is 0 Å². The average molecular weight is 193 g/mol. The second-order valence-corrected chi connectivity index (χ2v) is 2.93. The predicted molar refractivity (Wildman–Crippen MR) is 60.2 cm³/mol. The molecular formula is C12H19NO. The summed E-state index contributed by atoms with van der Waals surface area (Å²) in [6, 6.07) is 6.22. The minimum Gasteiger partial charge on any atom is -0.355 e. The highest BCUT2D eigenvalue weighted by atomic mass is 16.1. The van der Waals surface area contributed by atoms with Crippen LogP contribution in [0.25, 0.3) is 0 Å². The molecule has 0 aliphatic carbocycles. The van der Waals surface area contributed by atoms with Crippen molar-refractivity contribution in [3.8, 4) is 0 Å². The zero-order valence-electron chi connectivity index (χ0n) is 9.42. The van der Waals surface area contributed by atoms with E-state index in [4.69, 9.17) is 0 Å². The van der Waals surface area contributed by atoms with Crippen LogP contribution in [0, 0.1) is 13.8 Å². The summed E-state index contributed by atoms with van der Waals surface area (Å²) in [5, 5.41) is 2.65. The van der Waals surface area contributed by atoms with Gasteiger partial charge in [0.05, 0.1) is 0 Å². The fraction of sp³-hybridized carbons (Fsp3) is 0.417. The molecule has 78 valence electrons. The van der Waals surface area contributed by atoms with Crippen molar-refractivity contribution in [3.05, 3.63) is 34.9 Å². The first-order valence-electron chi connectivity index (χ1n) is 4.97. The number of carbonyl (C=O) groups is 1. The molecule has 0 heterocycles. The van der Waals surface area contributed by atoms with Gasteiger partial charge in [-0.3, -0.25) is 4.79 Å². The van der Waals surface area contributed by atoms with Crippen LogP contribution in [0.4, 0.5) is 0 Å². The maximum absolute atomic E-state index is 10.1. The number of carbonyl (C=O) groups excluding carboxylic acids is 1. The third-order valence-corrected chi connectivity index (χ3v) is 1.88. The number of hydrogen-bond acceptors (Lipinski definition) is 1. The molecule has 14 heavy (non-hydrogen) atoms. The van der Waals surface area contributed by atoms with E-state index in [1.165, 1.54) is 16.7 Å². The standard InChI is InChI=1S/C10H13NO.C2H6/c1-8-3-4-9(2)10(5-8)6-11-7-12;1-2/h3-5,7H,6H2,1-2H3,(H,11,12);1-2H3. The predicted octanol–water partition coefficient (Wildman–Crippen LogP) is 2.58. The Hall–Kier alpha value is -1.31. The Bertz CT molecular complexity index is 282. The number of amides is 1. The summed E-state index contributed by atoms with van der Waals surface area (Å²) in [5.74, 6) is 0. The van der Waals surface area contributed by atoms with Crippen molar-refractivity contribution in [2.24, 2.45) is 0 Å². The van der Waals surface area contributed by atoms with Gasteiger partial charge in [-0.25, -0.2) is 0 Å². The maximum Gasteiger partial charge on any atom is 0.207 e. The summed E-state index contributed by atoms with van der Waals surface area (Å²) in [4.78, 5) is 10.1. The van der Waals surface area contributed by atoms with Gasteiger partial charge >= 0.3 is 0 Å². The molecule has 0 aliphatic rings. The van der Waals surface area contributed by atoms with Crippen LogP contribution in [-0.4, -0.2) is 6.41 Å². The van der Waals surface area contributed by atoms with Gasteiger partial charge in [0.2, 0.25) is 6.41 Å². The lowest BCUT2D eigenvalue weighted by Gasteiger charge is -2.05. The Morgan fingerprint density at radius 3 is 2.50 bits per heavy atom. The quantitative estimate of drug-likeness (QED) is 0.734. The summed E-state index contributed by atoms with van der Waals surface area (Å²) in [5.41, 5.74) is 3.63. The van der Waals surface area contributed by atoms with Crippen LogP contribution in [-0.2, 0) is 11.3 Å². The smallest absolute Gasteiger partial charge is 0.207 e. The molecular weight excluding hydrogens is 174 g/mol. The summed E-state index contributed by atoms with van der Waals surface area (Å²) in [6.07, 6.45) is 0.724. The van der Waals surface area contributed by atoms with Crippen molar-refractivity contribution in [2.75, 3.05) is 0 Å². The van der Waals surface area contributed by atoms with Gasteiger partial charge < -0.3 is 5.32 Å². The van der Waals surface area contributed by atoms with Crippen molar-refractivity contribution < 1.29 is 4.79 Å². The monoisotopic (exact) mass is 193 g/mol. The van der Waals surface area contributed by atoms with E-state index in [-0.39, 0.29) is 0 Å². The van der Waals surface area contributed by atoms with E-state index < -0.39 is 0 Å². The first kappa shape index (κ1) is 12.7. The molecule has 0 saturated carbocycles. The topological polar surface area (TPSA) is 29.1 Å². The average Bonchev–Trinajstić information content (AvgIpc) is 2.22. The molecule has 0 atom stereocenters. The number of rotatable bonds is 3. The Morgan fingerprint density at radius 2 is 1.93 bits per heavy atom. The molecule has 0 fully saturated rings. The lowest BCUT2D eigenvalue weighted by Crippen LogP contribution is -2.10. The maximum atomic E-state index is 10.1. The zero-order chi connectivity index (χ0) is 11.0. The van der Waals surface area contributed by atoms with Crippen LogP contribution >= 0.6 is 0 Å². The molecule has 0 bridgehead atoms. The van der Waals surface area contributed by atoms with Crippen LogP contribution in [0.5, 0.6) is 0 Å². The fourth-order valence-electron chi connectivity index (χ4n) is 1.14. The summed E-state index contributed by atoms with van der Waals surface area (Å²) in [7, 11) is 0. The van der Waals surface area contributed by atoms with Crippen molar-refractivity contribution >= 4 is 6.41 Å². The van der Waals surface area contributed by atoms with E-state index in [0.717, 1.165) is 6.41 Å². The molecule has 2 nitrogen and oxygen atoms in total. The summed E-state index contributed by atoms with van der Waals surface area (Å²) >= 11 is 0. The van der Waals surface area contributed by atoms with E-state index in [0.29, 0.717) is 6.54 Å². The lowest BCUT2D eigenvalue weighted by atomic mass is 10.1. The van der Waals surface area contributed by atoms with Crippen molar-refractivity contribution in [1.82, 2.24) is 5.32 Å². The first-order chi connectivity index (χ1) is 6.74. The zero-order valence-corrected chi connectivity index (χ0v) is 9.42. The van der Waals surface area contributed by atoms with E-state index >= 15 is 0 Å². The van der Waals surface area contributed by atoms with Gasteiger partial charge in [-0.15, -0.1) is 0 Å². The fourth-order valence-corrected chi connectivity index (χ4v) is 1.14. The van der Waals surface area contributed by atoms with E-state index in [1.807, 2.05) is 27.7 Å². The number of hydrogen-bond donors (Lipinski definition) is 1. The number of benzene rings is 1. The second kappa shape index (κ2) is 7.13. The largest absolute Gasteiger partial charge is 0.355 e. The van der Waals surface area contributed by atoms with Gasteiger partial charge in [0.25, 0.3) is 0 Å². The molecule has 0 unspecified atom stereocenters. The SMILES string of the molecule is CC.Cc1ccc(C)c(CNC=O)c1. The third-order valence-electron chi connectivity index (χ3n) is 1.88.